The van der Waals surface area contributed by atoms with E-state index in [1.165, 1.54) is 23.8 Å². The molecule has 1 N–H and O–H groups in total. The molecule has 1 fully saturated rings. The molecule has 1 atom stereocenters. The van der Waals surface area contributed by atoms with E-state index in [4.69, 9.17) is 4.74 Å². The van der Waals surface area contributed by atoms with Crippen LogP contribution in [0.25, 0.3) is 0 Å². The molecule has 6 heteroatoms. The van der Waals surface area contributed by atoms with Crippen LogP contribution in [0, 0.1) is 5.82 Å². The Morgan fingerprint density at radius 3 is 2.72 bits per heavy atom. The summed E-state index contributed by atoms with van der Waals surface area (Å²) < 4.78 is 18.5. The Morgan fingerprint density at radius 2 is 2.04 bits per heavy atom. The summed E-state index contributed by atoms with van der Waals surface area (Å²) >= 11 is 0. The van der Waals surface area contributed by atoms with Gasteiger partial charge >= 0.3 is 6.09 Å². The zero-order valence-corrected chi connectivity index (χ0v) is 13.9. The Kier molecular flexibility index (Phi) is 4.97. The summed E-state index contributed by atoms with van der Waals surface area (Å²) in [6, 6.07) is 13.2. The van der Waals surface area contributed by atoms with E-state index in [0.29, 0.717) is 6.54 Å². The van der Waals surface area contributed by atoms with Gasteiger partial charge in [-0.15, -0.1) is 0 Å². The summed E-state index contributed by atoms with van der Waals surface area (Å²) in [5.74, 6) is -0.872. The van der Waals surface area contributed by atoms with Gasteiger partial charge in [-0.1, -0.05) is 25.1 Å². The average Bonchev–Trinajstić information content (AvgIpc) is 3.00. The van der Waals surface area contributed by atoms with E-state index in [2.05, 4.69) is 12.2 Å². The van der Waals surface area contributed by atoms with Gasteiger partial charge in [-0.3, -0.25) is 9.69 Å². The van der Waals surface area contributed by atoms with E-state index in [0.717, 1.165) is 18.2 Å². The number of halogens is 1. The third-order valence-corrected chi connectivity index (χ3v) is 4.11. The molecular formula is C19H19FN2O3. The van der Waals surface area contributed by atoms with Gasteiger partial charge in [0.2, 0.25) is 0 Å². The van der Waals surface area contributed by atoms with Crippen molar-refractivity contribution in [1.29, 1.82) is 0 Å². The average molecular weight is 342 g/mol. The summed E-state index contributed by atoms with van der Waals surface area (Å²) in [5, 5.41) is 2.67. The molecule has 0 aromatic heterocycles. The maximum atomic E-state index is 13.2. The van der Waals surface area contributed by atoms with Crippen LogP contribution in [-0.2, 0) is 11.2 Å². The number of amides is 2. The number of hydrogen-bond donors (Lipinski definition) is 1. The molecule has 0 spiro atoms. The van der Waals surface area contributed by atoms with Gasteiger partial charge in [0.25, 0.3) is 5.91 Å². The number of nitrogens with zero attached hydrogens (tertiary/aromatic N) is 1. The van der Waals surface area contributed by atoms with Crippen molar-refractivity contribution in [2.45, 2.75) is 19.4 Å². The lowest BCUT2D eigenvalue weighted by atomic mass is 10.1. The molecule has 130 valence electrons. The first-order valence-electron chi connectivity index (χ1n) is 8.17. The molecule has 1 unspecified atom stereocenters. The molecule has 1 aliphatic heterocycles. The van der Waals surface area contributed by atoms with Crippen molar-refractivity contribution in [2.75, 3.05) is 18.0 Å². The molecule has 1 heterocycles. The smallest absolute Gasteiger partial charge is 0.414 e. The van der Waals surface area contributed by atoms with Crippen LogP contribution in [0.1, 0.15) is 22.8 Å². The standard InChI is InChI=1S/C19H19FN2O3/c1-2-13-6-8-16(9-7-13)22-12-17(25-19(22)24)11-21-18(23)14-4-3-5-15(20)10-14/h3-10,17H,2,11-12H2,1H3,(H,21,23). The van der Waals surface area contributed by atoms with Gasteiger partial charge in [0.1, 0.15) is 11.9 Å². The second-order valence-electron chi connectivity index (χ2n) is 5.86. The lowest BCUT2D eigenvalue weighted by Gasteiger charge is -2.13. The topological polar surface area (TPSA) is 58.6 Å². The van der Waals surface area contributed by atoms with Gasteiger partial charge in [-0.25, -0.2) is 9.18 Å². The highest BCUT2D eigenvalue weighted by atomic mass is 19.1. The Bertz CT molecular complexity index is 776. The van der Waals surface area contributed by atoms with Crippen LogP contribution >= 0.6 is 0 Å². The van der Waals surface area contributed by atoms with Crippen molar-refractivity contribution in [1.82, 2.24) is 5.32 Å². The first-order chi connectivity index (χ1) is 12.1. The van der Waals surface area contributed by atoms with Gasteiger partial charge in [0, 0.05) is 11.3 Å². The van der Waals surface area contributed by atoms with Gasteiger partial charge in [-0.05, 0) is 42.3 Å². The maximum absolute atomic E-state index is 13.2. The quantitative estimate of drug-likeness (QED) is 0.908. The van der Waals surface area contributed by atoms with Crippen molar-refractivity contribution >= 4 is 17.7 Å². The summed E-state index contributed by atoms with van der Waals surface area (Å²) in [6.45, 7) is 2.59. The third kappa shape index (κ3) is 3.96. The predicted octanol–water partition coefficient (Wildman–Crippen LogP) is 3.14. The van der Waals surface area contributed by atoms with Gasteiger partial charge in [0.05, 0.1) is 13.1 Å². The predicted molar refractivity (Wildman–Crippen MR) is 92.2 cm³/mol. The number of nitrogens with one attached hydrogen (secondary N) is 1. The number of hydrogen-bond acceptors (Lipinski definition) is 3. The van der Waals surface area contributed by atoms with Gasteiger partial charge < -0.3 is 10.1 Å². The number of cyclic esters (lactones) is 1. The van der Waals surface area contributed by atoms with E-state index in [9.17, 15) is 14.0 Å². The van der Waals surface area contributed by atoms with Crippen LogP contribution < -0.4 is 10.2 Å². The number of carbonyl (C=O) groups is 2. The number of aryl methyl sites for hydroxylation is 1. The van der Waals surface area contributed by atoms with Crippen molar-refractivity contribution < 1.29 is 18.7 Å². The zero-order valence-electron chi connectivity index (χ0n) is 13.9. The summed E-state index contributed by atoms with van der Waals surface area (Å²) in [5.41, 5.74) is 2.19. The molecule has 1 saturated heterocycles. The number of benzene rings is 2. The normalized spacial score (nSPS) is 16.6. The Hall–Kier alpha value is -2.89. The minimum Gasteiger partial charge on any atom is -0.442 e. The molecule has 2 aromatic rings. The molecule has 5 nitrogen and oxygen atoms in total. The molecule has 3 rings (SSSR count). The minimum absolute atomic E-state index is 0.171. The van der Waals surface area contributed by atoms with Crippen molar-refractivity contribution in [3.63, 3.8) is 0 Å². The van der Waals surface area contributed by atoms with E-state index in [-0.39, 0.29) is 12.1 Å². The van der Waals surface area contributed by atoms with Crippen molar-refractivity contribution in [3.05, 3.63) is 65.5 Å². The molecule has 25 heavy (non-hydrogen) atoms. The fourth-order valence-corrected chi connectivity index (χ4v) is 2.69. The SMILES string of the molecule is CCc1ccc(N2CC(CNC(=O)c3cccc(F)c3)OC2=O)cc1. The first kappa shape index (κ1) is 17.0. The lowest BCUT2D eigenvalue weighted by molar-refractivity contribution is 0.0915. The van der Waals surface area contributed by atoms with E-state index in [1.54, 1.807) is 4.90 Å². The fourth-order valence-electron chi connectivity index (χ4n) is 2.69. The van der Waals surface area contributed by atoms with Gasteiger partial charge in [0.15, 0.2) is 0 Å². The summed E-state index contributed by atoms with van der Waals surface area (Å²) in [6.07, 6.45) is 0.0459. The number of ether oxygens (including phenoxy) is 1. The fraction of sp³-hybridized carbons (Fsp3) is 0.263. The van der Waals surface area contributed by atoms with Crippen LogP contribution in [0.2, 0.25) is 0 Å². The third-order valence-electron chi connectivity index (χ3n) is 4.11. The highest BCUT2D eigenvalue weighted by Gasteiger charge is 2.32. The van der Waals surface area contributed by atoms with E-state index >= 15 is 0 Å². The lowest BCUT2D eigenvalue weighted by Crippen LogP contribution is -2.34. The van der Waals surface area contributed by atoms with Crippen molar-refractivity contribution in [2.24, 2.45) is 0 Å². The Labute approximate surface area is 145 Å². The molecule has 0 bridgehead atoms. The number of anilines is 1. The molecule has 2 amide bonds. The van der Waals surface area contributed by atoms with Crippen LogP contribution in [0.15, 0.2) is 48.5 Å². The molecule has 2 aromatic carbocycles. The summed E-state index contributed by atoms with van der Waals surface area (Å²) in [7, 11) is 0. The Balaban J connectivity index is 1.58. The zero-order chi connectivity index (χ0) is 17.8. The molecule has 0 aliphatic carbocycles. The second-order valence-corrected chi connectivity index (χ2v) is 5.86. The molecular weight excluding hydrogens is 323 g/mol. The van der Waals surface area contributed by atoms with E-state index in [1.807, 2.05) is 24.3 Å². The summed E-state index contributed by atoms with van der Waals surface area (Å²) in [4.78, 5) is 25.6. The van der Waals surface area contributed by atoms with E-state index < -0.39 is 23.9 Å². The van der Waals surface area contributed by atoms with Crippen LogP contribution in [0.4, 0.5) is 14.9 Å². The molecule has 0 saturated carbocycles. The van der Waals surface area contributed by atoms with Crippen LogP contribution in [0.5, 0.6) is 0 Å². The highest BCUT2D eigenvalue weighted by Crippen LogP contribution is 2.22. The minimum atomic E-state index is -0.471. The van der Waals surface area contributed by atoms with Crippen LogP contribution in [-0.4, -0.2) is 31.2 Å². The Morgan fingerprint density at radius 1 is 1.28 bits per heavy atom. The largest absolute Gasteiger partial charge is 0.442 e. The maximum Gasteiger partial charge on any atom is 0.414 e. The number of carbonyl (C=O) groups excluding carboxylic acids is 2. The molecule has 0 radical (unpaired) electrons. The van der Waals surface area contributed by atoms with Crippen LogP contribution in [0.3, 0.4) is 0 Å². The highest BCUT2D eigenvalue weighted by molar-refractivity contribution is 5.94. The monoisotopic (exact) mass is 342 g/mol. The van der Waals surface area contributed by atoms with Crippen molar-refractivity contribution in [3.8, 4) is 0 Å². The van der Waals surface area contributed by atoms with Gasteiger partial charge in [-0.2, -0.15) is 0 Å². The number of rotatable bonds is 5. The second kappa shape index (κ2) is 7.34. The first-order valence-corrected chi connectivity index (χ1v) is 8.17. The molecule has 1 aliphatic rings.